The van der Waals surface area contributed by atoms with Crippen LogP contribution in [0.25, 0.3) is 0 Å². The average molecular weight is 260 g/mol. The van der Waals surface area contributed by atoms with Gasteiger partial charge in [0, 0.05) is 0 Å². The largest absolute Gasteiger partial charge is 0.394 e. The maximum atomic E-state index is 9.59. The highest BCUT2D eigenvalue weighted by molar-refractivity contribution is 4.70. The lowest BCUT2D eigenvalue weighted by molar-refractivity contribution is -0.303. The molecule has 2 N–H and O–H groups in total. The highest BCUT2D eigenvalue weighted by atomic mass is 17.2. The zero-order valence-corrected chi connectivity index (χ0v) is 11.5. The van der Waals surface area contributed by atoms with Gasteiger partial charge in [0.2, 0.25) is 0 Å². The molecule has 1 aliphatic heterocycles. The third-order valence-electron chi connectivity index (χ3n) is 3.81. The summed E-state index contributed by atoms with van der Waals surface area (Å²) in [6.45, 7) is 3.23. The molecule has 0 aromatic carbocycles. The van der Waals surface area contributed by atoms with Crippen molar-refractivity contribution in [2.75, 3.05) is 19.8 Å². The minimum Gasteiger partial charge on any atom is -0.394 e. The summed E-state index contributed by atoms with van der Waals surface area (Å²) < 4.78 is 0. The van der Waals surface area contributed by atoms with Crippen LogP contribution >= 0.6 is 0 Å². The molecule has 4 nitrogen and oxygen atoms in total. The van der Waals surface area contributed by atoms with Crippen molar-refractivity contribution in [3.63, 3.8) is 0 Å². The second kappa shape index (κ2) is 9.73. The lowest BCUT2D eigenvalue weighted by Crippen LogP contribution is -2.25. The fourth-order valence-corrected chi connectivity index (χ4v) is 2.51. The van der Waals surface area contributed by atoms with Gasteiger partial charge in [0.25, 0.3) is 0 Å². The Balaban J connectivity index is 2.41. The Kier molecular flexibility index (Phi) is 8.59. The predicted octanol–water partition coefficient (Wildman–Crippen LogP) is 2.28. The van der Waals surface area contributed by atoms with E-state index in [1.165, 1.54) is 25.7 Å². The van der Waals surface area contributed by atoms with Crippen LogP contribution in [0.2, 0.25) is 0 Å². The molecule has 0 aliphatic carbocycles. The minimum absolute atomic E-state index is 0.152. The van der Waals surface area contributed by atoms with Crippen molar-refractivity contribution in [3.8, 4) is 0 Å². The van der Waals surface area contributed by atoms with Gasteiger partial charge in [0.15, 0.2) is 0 Å². The van der Waals surface area contributed by atoms with E-state index >= 15 is 0 Å². The smallest absolute Gasteiger partial charge is 0.0850 e. The van der Waals surface area contributed by atoms with Crippen molar-refractivity contribution in [2.24, 2.45) is 11.8 Å². The minimum atomic E-state index is -0.605. The van der Waals surface area contributed by atoms with E-state index in [4.69, 9.17) is 14.9 Å². The summed E-state index contributed by atoms with van der Waals surface area (Å²) >= 11 is 0. The lowest BCUT2D eigenvalue weighted by atomic mass is 9.85. The summed E-state index contributed by atoms with van der Waals surface area (Å²) in [5.41, 5.74) is 0. The summed E-state index contributed by atoms with van der Waals surface area (Å²) in [4.78, 5) is 10.4. The molecule has 0 saturated carbocycles. The topological polar surface area (TPSA) is 58.9 Å². The maximum Gasteiger partial charge on any atom is 0.0850 e. The summed E-state index contributed by atoms with van der Waals surface area (Å²) in [6, 6.07) is 0. The molecule has 0 spiro atoms. The molecular weight excluding hydrogens is 232 g/mol. The van der Waals surface area contributed by atoms with E-state index in [1.54, 1.807) is 0 Å². The van der Waals surface area contributed by atoms with E-state index in [0.29, 0.717) is 31.5 Å². The highest BCUT2D eigenvalue weighted by Crippen LogP contribution is 2.25. The fraction of sp³-hybridized carbons (Fsp3) is 1.00. The first kappa shape index (κ1) is 15.9. The Labute approximate surface area is 110 Å². The Bertz CT molecular complexity index is 198. The summed E-state index contributed by atoms with van der Waals surface area (Å²) in [6.07, 6.45) is 7.11. The zero-order chi connectivity index (χ0) is 13.2. The molecule has 3 unspecified atom stereocenters. The van der Waals surface area contributed by atoms with Crippen LogP contribution in [0.1, 0.15) is 51.9 Å². The summed E-state index contributed by atoms with van der Waals surface area (Å²) in [5.74, 6) is 0.751. The van der Waals surface area contributed by atoms with E-state index in [1.807, 2.05) is 0 Å². The monoisotopic (exact) mass is 260 g/mol. The first-order valence-corrected chi connectivity index (χ1v) is 7.27. The molecule has 0 aromatic rings. The van der Waals surface area contributed by atoms with Gasteiger partial charge < -0.3 is 10.2 Å². The molecule has 1 rings (SSSR count). The van der Waals surface area contributed by atoms with E-state index < -0.39 is 6.10 Å². The van der Waals surface area contributed by atoms with Crippen LogP contribution in [0.3, 0.4) is 0 Å². The average Bonchev–Trinajstić information content (AvgIpc) is 2.37. The first-order chi connectivity index (χ1) is 8.74. The SMILES string of the molecule is CC1COOCCCCCCCC1CC(O)CO. The van der Waals surface area contributed by atoms with E-state index in [0.717, 1.165) is 12.8 Å². The number of aliphatic hydroxyl groups is 2. The van der Waals surface area contributed by atoms with Crippen LogP contribution in [0.5, 0.6) is 0 Å². The molecule has 0 bridgehead atoms. The molecule has 0 radical (unpaired) electrons. The quantitative estimate of drug-likeness (QED) is 0.764. The van der Waals surface area contributed by atoms with Gasteiger partial charge in [-0.25, -0.2) is 9.78 Å². The summed E-state index contributed by atoms with van der Waals surface area (Å²) in [5, 5.41) is 18.5. The molecule has 1 heterocycles. The van der Waals surface area contributed by atoms with Crippen LogP contribution in [0.4, 0.5) is 0 Å². The van der Waals surface area contributed by atoms with E-state index in [-0.39, 0.29) is 6.61 Å². The second-order valence-corrected chi connectivity index (χ2v) is 5.47. The molecule has 1 saturated heterocycles. The predicted molar refractivity (Wildman–Crippen MR) is 70.0 cm³/mol. The van der Waals surface area contributed by atoms with Crippen LogP contribution < -0.4 is 0 Å². The Morgan fingerprint density at radius 1 is 1.11 bits per heavy atom. The van der Waals surface area contributed by atoms with Gasteiger partial charge in [0.05, 0.1) is 25.9 Å². The molecule has 1 aliphatic rings. The third-order valence-corrected chi connectivity index (χ3v) is 3.81. The number of hydrogen-bond donors (Lipinski definition) is 2. The molecule has 18 heavy (non-hydrogen) atoms. The summed E-state index contributed by atoms with van der Waals surface area (Å²) in [7, 11) is 0. The van der Waals surface area contributed by atoms with Crippen LogP contribution in [0.15, 0.2) is 0 Å². The zero-order valence-electron chi connectivity index (χ0n) is 11.5. The van der Waals surface area contributed by atoms with Crippen molar-refractivity contribution < 1.29 is 20.0 Å². The Morgan fingerprint density at radius 3 is 2.61 bits per heavy atom. The molecule has 108 valence electrons. The van der Waals surface area contributed by atoms with Gasteiger partial charge >= 0.3 is 0 Å². The van der Waals surface area contributed by atoms with Crippen molar-refractivity contribution in [1.82, 2.24) is 0 Å². The van der Waals surface area contributed by atoms with Crippen LogP contribution in [-0.4, -0.2) is 36.1 Å². The van der Waals surface area contributed by atoms with Crippen molar-refractivity contribution in [1.29, 1.82) is 0 Å². The van der Waals surface area contributed by atoms with Gasteiger partial charge in [0.1, 0.15) is 0 Å². The number of rotatable bonds is 3. The number of aliphatic hydroxyl groups excluding tert-OH is 2. The van der Waals surface area contributed by atoms with Gasteiger partial charge in [-0.05, 0) is 24.7 Å². The van der Waals surface area contributed by atoms with Crippen molar-refractivity contribution in [3.05, 3.63) is 0 Å². The second-order valence-electron chi connectivity index (χ2n) is 5.47. The van der Waals surface area contributed by atoms with Crippen LogP contribution in [-0.2, 0) is 9.78 Å². The van der Waals surface area contributed by atoms with Crippen LogP contribution in [0, 0.1) is 11.8 Å². The molecule has 1 fully saturated rings. The fourth-order valence-electron chi connectivity index (χ4n) is 2.51. The molecule has 3 atom stereocenters. The van der Waals surface area contributed by atoms with Gasteiger partial charge in [-0.3, -0.25) is 0 Å². The van der Waals surface area contributed by atoms with E-state index in [9.17, 15) is 5.11 Å². The normalized spacial score (nSPS) is 30.2. The highest BCUT2D eigenvalue weighted by Gasteiger charge is 2.21. The van der Waals surface area contributed by atoms with Gasteiger partial charge in [-0.2, -0.15) is 0 Å². The molecule has 4 heteroatoms. The van der Waals surface area contributed by atoms with Gasteiger partial charge in [-0.15, -0.1) is 0 Å². The van der Waals surface area contributed by atoms with Crippen molar-refractivity contribution >= 4 is 0 Å². The molecular formula is C14H28O4. The molecule has 0 amide bonds. The number of hydrogen-bond acceptors (Lipinski definition) is 4. The third kappa shape index (κ3) is 6.69. The first-order valence-electron chi connectivity index (χ1n) is 7.27. The lowest BCUT2D eigenvalue weighted by Gasteiger charge is -2.25. The Morgan fingerprint density at radius 2 is 1.83 bits per heavy atom. The Hall–Kier alpha value is -0.160. The molecule has 0 aromatic heterocycles. The van der Waals surface area contributed by atoms with E-state index in [2.05, 4.69) is 6.92 Å². The maximum absolute atomic E-state index is 9.59. The van der Waals surface area contributed by atoms with Gasteiger partial charge in [-0.1, -0.05) is 39.0 Å². The van der Waals surface area contributed by atoms with Crippen molar-refractivity contribution in [2.45, 2.75) is 58.0 Å². The standard InChI is InChI=1S/C14H28O4/c1-12-11-18-17-8-6-4-2-3-5-7-13(12)9-14(16)10-15/h12-16H,2-11H2,1H3.